The lowest BCUT2D eigenvalue weighted by Crippen LogP contribution is -2.07. The van der Waals surface area contributed by atoms with E-state index in [0.29, 0.717) is 18.9 Å². The Balaban J connectivity index is 1.57. The van der Waals surface area contributed by atoms with Gasteiger partial charge in [0.2, 0.25) is 0 Å². The molecule has 5 nitrogen and oxygen atoms in total. The van der Waals surface area contributed by atoms with Gasteiger partial charge in [0, 0.05) is 37.1 Å². The molecule has 2 N–H and O–H groups in total. The lowest BCUT2D eigenvalue weighted by molar-refractivity contribution is 1.06. The molecule has 0 saturated heterocycles. The molecule has 0 fully saturated rings. The van der Waals surface area contributed by atoms with Crippen molar-refractivity contribution < 1.29 is 0 Å². The Morgan fingerprint density at radius 1 is 0.607 bits per heavy atom. The molecule has 0 aliphatic carbocycles. The van der Waals surface area contributed by atoms with Crippen molar-refractivity contribution in [2.45, 2.75) is 13.1 Å². The van der Waals surface area contributed by atoms with Crippen molar-refractivity contribution in [3.8, 4) is 11.4 Å². The Kier molecular flexibility index (Phi) is 5.54. The molecule has 4 aromatic rings. The second-order valence-electron chi connectivity index (χ2n) is 6.38. The summed E-state index contributed by atoms with van der Waals surface area (Å²) in [7, 11) is 0. The Bertz CT molecular complexity index is 943. The quantitative estimate of drug-likeness (QED) is 0.493. The van der Waals surface area contributed by atoms with Crippen LogP contribution in [0, 0.1) is 0 Å². The van der Waals surface area contributed by atoms with Gasteiger partial charge >= 0.3 is 0 Å². The van der Waals surface area contributed by atoms with Gasteiger partial charge in [0.15, 0.2) is 5.82 Å². The van der Waals surface area contributed by atoms with Crippen LogP contribution in [0.4, 0.5) is 11.6 Å². The minimum atomic E-state index is 0.673. The summed E-state index contributed by atoms with van der Waals surface area (Å²) in [6.45, 7) is 1.38. The zero-order chi connectivity index (χ0) is 19.0. The maximum Gasteiger partial charge on any atom is 0.163 e. The fourth-order valence-corrected chi connectivity index (χ4v) is 2.83. The highest BCUT2D eigenvalue weighted by molar-refractivity contribution is 5.61. The lowest BCUT2D eigenvalue weighted by atomic mass is 10.2. The maximum absolute atomic E-state index is 4.70. The summed E-state index contributed by atoms with van der Waals surface area (Å²) >= 11 is 0. The van der Waals surface area contributed by atoms with Crippen LogP contribution in [0.1, 0.15) is 11.1 Å². The third-order valence-corrected chi connectivity index (χ3v) is 4.30. The predicted octanol–water partition coefficient (Wildman–Crippen LogP) is 4.76. The normalized spacial score (nSPS) is 10.4. The van der Waals surface area contributed by atoms with E-state index in [4.69, 9.17) is 9.97 Å². The van der Waals surface area contributed by atoms with Crippen LogP contribution in [0.25, 0.3) is 11.4 Å². The smallest absolute Gasteiger partial charge is 0.163 e. The summed E-state index contributed by atoms with van der Waals surface area (Å²) in [5, 5.41) is 6.80. The summed E-state index contributed by atoms with van der Waals surface area (Å²) in [6, 6.07) is 26.2. The summed E-state index contributed by atoms with van der Waals surface area (Å²) in [5.74, 6) is 2.26. The first-order chi connectivity index (χ1) is 13.9. The first-order valence-corrected chi connectivity index (χ1v) is 9.22. The van der Waals surface area contributed by atoms with E-state index in [9.17, 15) is 0 Å². The van der Waals surface area contributed by atoms with Crippen LogP contribution in [0.2, 0.25) is 0 Å². The van der Waals surface area contributed by atoms with Gasteiger partial charge in [-0.2, -0.15) is 0 Å². The highest BCUT2D eigenvalue weighted by atomic mass is 15.1. The minimum absolute atomic E-state index is 0.673. The molecule has 2 aromatic heterocycles. The molecule has 138 valence electrons. The van der Waals surface area contributed by atoms with E-state index in [-0.39, 0.29) is 0 Å². The number of hydrogen-bond acceptors (Lipinski definition) is 5. The maximum atomic E-state index is 4.70. The monoisotopic (exact) mass is 367 g/mol. The number of hydrogen-bond donors (Lipinski definition) is 2. The fraction of sp³-hybridized carbons (Fsp3) is 0.0870. The zero-order valence-corrected chi connectivity index (χ0v) is 15.4. The van der Waals surface area contributed by atoms with Crippen LogP contribution in [0.5, 0.6) is 0 Å². The van der Waals surface area contributed by atoms with Gasteiger partial charge in [0.25, 0.3) is 0 Å². The Labute approximate surface area is 164 Å². The van der Waals surface area contributed by atoms with E-state index in [0.717, 1.165) is 22.8 Å². The van der Waals surface area contributed by atoms with Crippen molar-refractivity contribution in [1.29, 1.82) is 0 Å². The largest absolute Gasteiger partial charge is 0.366 e. The van der Waals surface area contributed by atoms with Crippen LogP contribution in [-0.4, -0.2) is 15.0 Å². The van der Waals surface area contributed by atoms with Crippen LogP contribution in [0.3, 0.4) is 0 Å². The van der Waals surface area contributed by atoms with Crippen molar-refractivity contribution in [1.82, 2.24) is 15.0 Å². The van der Waals surface area contributed by atoms with Gasteiger partial charge in [0.1, 0.15) is 11.6 Å². The van der Waals surface area contributed by atoms with E-state index >= 15 is 0 Å². The summed E-state index contributed by atoms with van der Waals surface area (Å²) in [6.07, 6.45) is 3.58. The molecule has 2 aromatic carbocycles. The number of benzene rings is 2. The summed E-state index contributed by atoms with van der Waals surface area (Å²) < 4.78 is 0. The fourth-order valence-electron chi connectivity index (χ4n) is 2.83. The van der Waals surface area contributed by atoms with Gasteiger partial charge in [0.05, 0.1) is 0 Å². The highest BCUT2D eigenvalue weighted by Crippen LogP contribution is 2.21. The molecule has 0 aliphatic heterocycles. The Hall–Kier alpha value is -3.73. The minimum Gasteiger partial charge on any atom is -0.366 e. The number of nitrogens with one attached hydrogen (secondary N) is 2. The molecule has 5 heteroatoms. The molecule has 2 heterocycles. The number of pyridine rings is 1. The molecule has 0 bridgehead atoms. The molecule has 0 amide bonds. The van der Waals surface area contributed by atoms with Crippen molar-refractivity contribution >= 4 is 11.6 Å². The van der Waals surface area contributed by atoms with Crippen molar-refractivity contribution in [3.05, 3.63) is 102 Å². The van der Waals surface area contributed by atoms with Gasteiger partial charge in [-0.05, 0) is 23.3 Å². The molecule has 0 radical (unpaired) electrons. The molecule has 0 unspecified atom stereocenters. The molecule has 0 atom stereocenters. The van der Waals surface area contributed by atoms with E-state index in [1.807, 2.05) is 66.7 Å². The number of nitrogens with zero attached hydrogens (tertiary/aromatic N) is 3. The van der Waals surface area contributed by atoms with E-state index < -0.39 is 0 Å². The second-order valence-corrected chi connectivity index (χ2v) is 6.38. The molecule has 0 saturated carbocycles. The third kappa shape index (κ3) is 4.71. The van der Waals surface area contributed by atoms with Gasteiger partial charge < -0.3 is 10.6 Å². The SMILES string of the molecule is c1ccc(CNc2cc(NCc3ccncc3)nc(-c3ccccc3)n2)cc1. The standard InChI is InChI=1S/C23H21N5/c1-3-7-18(8-4-1)16-25-21-15-22(26-17-19-11-13-24-14-12-19)28-23(27-21)20-9-5-2-6-10-20/h1-15H,16-17H2,(H2,25,26,27,28). The first-order valence-electron chi connectivity index (χ1n) is 9.22. The van der Waals surface area contributed by atoms with E-state index in [1.54, 1.807) is 12.4 Å². The molecule has 28 heavy (non-hydrogen) atoms. The number of aromatic nitrogens is 3. The molecule has 0 aliphatic rings. The van der Waals surface area contributed by atoms with Gasteiger partial charge in [-0.3, -0.25) is 4.98 Å². The molecule has 0 spiro atoms. The summed E-state index contributed by atoms with van der Waals surface area (Å²) in [5.41, 5.74) is 3.33. The molecular weight excluding hydrogens is 346 g/mol. The molecular formula is C23H21N5. The predicted molar refractivity (Wildman–Crippen MR) is 113 cm³/mol. The van der Waals surface area contributed by atoms with E-state index in [1.165, 1.54) is 5.56 Å². The molecule has 4 rings (SSSR count). The van der Waals surface area contributed by atoms with E-state index in [2.05, 4.69) is 27.8 Å². The topological polar surface area (TPSA) is 62.7 Å². The van der Waals surface area contributed by atoms with Crippen LogP contribution < -0.4 is 10.6 Å². The van der Waals surface area contributed by atoms with Crippen molar-refractivity contribution in [2.75, 3.05) is 10.6 Å². The van der Waals surface area contributed by atoms with Crippen LogP contribution in [0.15, 0.2) is 91.3 Å². The van der Waals surface area contributed by atoms with Gasteiger partial charge in [-0.15, -0.1) is 0 Å². The Morgan fingerprint density at radius 3 is 1.75 bits per heavy atom. The second kappa shape index (κ2) is 8.77. The number of anilines is 2. The highest BCUT2D eigenvalue weighted by Gasteiger charge is 2.07. The third-order valence-electron chi connectivity index (χ3n) is 4.30. The average molecular weight is 367 g/mol. The first kappa shape index (κ1) is 17.7. The van der Waals surface area contributed by atoms with Crippen LogP contribution >= 0.6 is 0 Å². The van der Waals surface area contributed by atoms with Gasteiger partial charge in [-0.25, -0.2) is 9.97 Å². The Morgan fingerprint density at radius 2 is 1.14 bits per heavy atom. The number of rotatable bonds is 7. The van der Waals surface area contributed by atoms with Crippen LogP contribution in [-0.2, 0) is 13.1 Å². The van der Waals surface area contributed by atoms with Gasteiger partial charge in [-0.1, -0.05) is 60.7 Å². The average Bonchev–Trinajstić information content (AvgIpc) is 2.78. The summed E-state index contributed by atoms with van der Waals surface area (Å²) in [4.78, 5) is 13.5. The lowest BCUT2D eigenvalue weighted by Gasteiger charge is -2.12. The zero-order valence-electron chi connectivity index (χ0n) is 15.4. The van der Waals surface area contributed by atoms with Crippen molar-refractivity contribution in [2.24, 2.45) is 0 Å². The van der Waals surface area contributed by atoms with Crippen molar-refractivity contribution in [3.63, 3.8) is 0 Å².